The monoisotopic (exact) mass is 322 g/mol. The van der Waals surface area contributed by atoms with Crippen LogP contribution in [0.4, 0.5) is 0 Å². The Hall–Kier alpha value is -2.27. The van der Waals surface area contributed by atoms with Crippen LogP contribution in [0.1, 0.15) is 44.2 Å². The van der Waals surface area contributed by atoms with E-state index in [-0.39, 0.29) is 6.04 Å². The summed E-state index contributed by atoms with van der Waals surface area (Å²) in [5.41, 5.74) is 4.36. The van der Waals surface area contributed by atoms with Gasteiger partial charge in [-0.15, -0.1) is 0 Å². The molecule has 0 amide bonds. The molecule has 1 aromatic carbocycles. The number of benzene rings is 1. The fraction of sp³-hybridized carbons (Fsp3) is 0.421. The highest BCUT2D eigenvalue weighted by Crippen LogP contribution is 2.32. The molecule has 5 nitrogen and oxygen atoms in total. The summed E-state index contributed by atoms with van der Waals surface area (Å²) < 4.78 is 7.43. The SMILES string of the molecule is CC(C)n1ncc2c(-c3cccc(C4CCOCC4)c3)ncnc21. The third-order valence-corrected chi connectivity index (χ3v) is 4.73. The van der Waals surface area contributed by atoms with Gasteiger partial charge in [-0.1, -0.05) is 18.2 Å². The molecular formula is C19H22N4O. The Morgan fingerprint density at radius 2 is 2.00 bits per heavy atom. The molecule has 24 heavy (non-hydrogen) atoms. The fourth-order valence-electron chi connectivity index (χ4n) is 3.44. The van der Waals surface area contributed by atoms with Crippen LogP contribution in [0.25, 0.3) is 22.3 Å². The van der Waals surface area contributed by atoms with Gasteiger partial charge in [-0.2, -0.15) is 5.10 Å². The van der Waals surface area contributed by atoms with Gasteiger partial charge in [0.1, 0.15) is 6.33 Å². The average molecular weight is 322 g/mol. The average Bonchev–Trinajstić information content (AvgIpc) is 3.07. The van der Waals surface area contributed by atoms with Crippen molar-refractivity contribution in [1.29, 1.82) is 0 Å². The molecule has 0 bridgehead atoms. The molecule has 4 rings (SSSR count). The first-order valence-electron chi connectivity index (χ1n) is 8.60. The van der Waals surface area contributed by atoms with Crippen molar-refractivity contribution >= 4 is 11.0 Å². The van der Waals surface area contributed by atoms with Gasteiger partial charge in [0.2, 0.25) is 0 Å². The number of hydrogen-bond acceptors (Lipinski definition) is 4. The van der Waals surface area contributed by atoms with E-state index in [4.69, 9.17) is 4.74 Å². The summed E-state index contributed by atoms with van der Waals surface area (Å²) in [5, 5.41) is 5.50. The van der Waals surface area contributed by atoms with Gasteiger partial charge < -0.3 is 4.74 Å². The van der Waals surface area contributed by atoms with Crippen molar-refractivity contribution in [2.45, 2.75) is 38.6 Å². The standard InChI is InChI=1S/C19H22N4O/c1-13(2)23-19-17(11-22-23)18(20-12-21-19)16-5-3-4-15(10-16)14-6-8-24-9-7-14/h3-5,10-14H,6-9H2,1-2H3. The molecule has 3 heterocycles. The van der Waals surface area contributed by atoms with E-state index in [9.17, 15) is 0 Å². The summed E-state index contributed by atoms with van der Waals surface area (Å²) in [7, 11) is 0. The Morgan fingerprint density at radius 3 is 2.79 bits per heavy atom. The van der Waals surface area contributed by atoms with Crippen LogP contribution in [0.3, 0.4) is 0 Å². The third-order valence-electron chi connectivity index (χ3n) is 4.73. The van der Waals surface area contributed by atoms with Gasteiger partial charge in [-0.25, -0.2) is 14.6 Å². The van der Waals surface area contributed by atoms with E-state index >= 15 is 0 Å². The lowest BCUT2D eigenvalue weighted by Gasteiger charge is -2.22. The van der Waals surface area contributed by atoms with E-state index in [0.29, 0.717) is 5.92 Å². The summed E-state index contributed by atoms with van der Waals surface area (Å²) in [6, 6.07) is 9.01. The first-order valence-corrected chi connectivity index (χ1v) is 8.60. The first kappa shape index (κ1) is 15.3. The maximum absolute atomic E-state index is 5.49. The minimum absolute atomic E-state index is 0.277. The van der Waals surface area contributed by atoms with E-state index < -0.39 is 0 Å². The van der Waals surface area contributed by atoms with Crippen molar-refractivity contribution in [3.8, 4) is 11.3 Å². The molecule has 5 heteroatoms. The van der Waals surface area contributed by atoms with E-state index in [0.717, 1.165) is 48.3 Å². The Balaban J connectivity index is 1.77. The van der Waals surface area contributed by atoms with E-state index in [1.165, 1.54) is 5.56 Å². The molecule has 0 saturated carbocycles. The maximum Gasteiger partial charge on any atom is 0.162 e. The van der Waals surface area contributed by atoms with Crippen LogP contribution >= 0.6 is 0 Å². The summed E-state index contributed by atoms with van der Waals surface area (Å²) in [4.78, 5) is 8.98. The summed E-state index contributed by atoms with van der Waals surface area (Å²) in [6.45, 7) is 5.93. The highest BCUT2D eigenvalue weighted by molar-refractivity contribution is 5.90. The van der Waals surface area contributed by atoms with E-state index in [1.54, 1.807) is 6.33 Å². The van der Waals surface area contributed by atoms with Gasteiger partial charge in [-0.05, 0) is 44.2 Å². The highest BCUT2D eigenvalue weighted by Gasteiger charge is 2.18. The third kappa shape index (κ3) is 2.69. The molecule has 1 aliphatic rings. The van der Waals surface area contributed by atoms with Crippen LogP contribution in [0.2, 0.25) is 0 Å². The van der Waals surface area contributed by atoms with E-state index in [2.05, 4.69) is 53.2 Å². The molecular weight excluding hydrogens is 300 g/mol. The first-order chi connectivity index (χ1) is 11.7. The van der Waals surface area contributed by atoms with Crippen LogP contribution in [-0.4, -0.2) is 33.0 Å². The predicted molar refractivity (Wildman–Crippen MR) is 93.9 cm³/mol. The lowest BCUT2D eigenvalue weighted by atomic mass is 9.90. The number of rotatable bonds is 3. The highest BCUT2D eigenvalue weighted by atomic mass is 16.5. The molecule has 124 valence electrons. The second-order valence-corrected chi connectivity index (χ2v) is 6.65. The maximum atomic E-state index is 5.49. The number of aromatic nitrogens is 4. The van der Waals surface area contributed by atoms with Crippen molar-refractivity contribution in [3.05, 3.63) is 42.4 Å². The predicted octanol–water partition coefficient (Wildman–Crippen LogP) is 3.97. The Kier molecular flexibility index (Phi) is 4.02. The molecule has 0 aliphatic carbocycles. The molecule has 1 saturated heterocycles. The Labute approximate surface area is 141 Å². The molecule has 0 radical (unpaired) electrons. The normalized spacial score (nSPS) is 16.1. The zero-order chi connectivity index (χ0) is 16.5. The summed E-state index contributed by atoms with van der Waals surface area (Å²) in [5.74, 6) is 0.578. The lowest BCUT2D eigenvalue weighted by Crippen LogP contribution is -2.14. The van der Waals surface area contributed by atoms with Gasteiger partial charge >= 0.3 is 0 Å². The molecule has 2 aromatic heterocycles. The molecule has 0 unspecified atom stereocenters. The number of nitrogens with zero attached hydrogens (tertiary/aromatic N) is 4. The number of fused-ring (bicyclic) bond motifs is 1. The smallest absolute Gasteiger partial charge is 0.162 e. The molecule has 0 N–H and O–H groups in total. The largest absolute Gasteiger partial charge is 0.381 e. The Bertz CT molecular complexity index is 849. The molecule has 0 atom stereocenters. The van der Waals surface area contributed by atoms with Crippen LogP contribution in [0, 0.1) is 0 Å². The minimum atomic E-state index is 0.277. The molecule has 0 spiro atoms. The van der Waals surface area contributed by atoms with Crippen molar-refractivity contribution in [1.82, 2.24) is 19.7 Å². The summed E-state index contributed by atoms with van der Waals surface area (Å²) >= 11 is 0. The van der Waals surface area contributed by atoms with Gasteiger partial charge in [0, 0.05) is 24.8 Å². The van der Waals surface area contributed by atoms with Gasteiger partial charge in [0.15, 0.2) is 5.65 Å². The van der Waals surface area contributed by atoms with Crippen LogP contribution in [-0.2, 0) is 4.74 Å². The second-order valence-electron chi connectivity index (χ2n) is 6.65. The van der Waals surface area contributed by atoms with E-state index in [1.807, 2.05) is 10.9 Å². The van der Waals surface area contributed by atoms with Gasteiger partial charge in [0.25, 0.3) is 0 Å². The lowest BCUT2D eigenvalue weighted by molar-refractivity contribution is 0.0853. The zero-order valence-corrected chi connectivity index (χ0v) is 14.1. The van der Waals surface area contributed by atoms with Crippen LogP contribution in [0.15, 0.2) is 36.8 Å². The van der Waals surface area contributed by atoms with Crippen molar-refractivity contribution < 1.29 is 4.74 Å². The molecule has 3 aromatic rings. The quantitative estimate of drug-likeness (QED) is 0.732. The number of ether oxygens (including phenoxy) is 1. The zero-order valence-electron chi connectivity index (χ0n) is 14.1. The van der Waals surface area contributed by atoms with Crippen LogP contribution < -0.4 is 0 Å². The minimum Gasteiger partial charge on any atom is -0.381 e. The summed E-state index contributed by atoms with van der Waals surface area (Å²) in [6.07, 6.45) is 5.70. The Morgan fingerprint density at radius 1 is 1.17 bits per heavy atom. The topological polar surface area (TPSA) is 52.8 Å². The molecule has 1 aliphatic heterocycles. The van der Waals surface area contributed by atoms with Crippen LogP contribution in [0.5, 0.6) is 0 Å². The van der Waals surface area contributed by atoms with Crippen molar-refractivity contribution in [3.63, 3.8) is 0 Å². The van der Waals surface area contributed by atoms with Gasteiger partial charge in [0.05, 0.1) is 17.3 Å². The molecule has 1 fully saturated rings. The fourth-order valence-corrected chi connectivity index (χ4v) is 3.44. The second kappa shape index (κ2) is 6.32. The van der Waals surface area contributed by atoms with Crippen molar-refractivity contribution in [2.75, 3.05) is 13.2 Å². The van der Waals surface area contributed by atoms with Crippen molar-refractivity contribution in [2.24, 2.45) is 0 Å². The number of hydrogen-bond donors (Lipinski definition) is 0. The van der Waals surface area contributed by atoms with Gasteiger partial charge in [-0.3, -0.25) is 0 Å².